The van der Waals surface area contributed by atoms with Crippen LogP contribution in [0.25, 0.3) is 12.2 Å². The summed E-state index contributed by atoms with van der Waals surface area (Å²) >= 11 is 0. The van der Waals surface area contributed by atoms with Gasteiger partial charge in [0, 0.05) is 31.1 Å². The summed E-state index contributed by atoms with van der Waals surface area (Å²) in [7, 11) is 0. The lowest BCUT2D eigenvalue weighted by Gasteiger charge is -2.01. The van der Waals surface area contributed by atoms with E-state index in [1.807, 2.05) is 18.3 Å². The highest BCUT2D eigenvalue weighted by atomic mass is 16.6. The average Bonchev–Trinajstić information content (AvgIpc) is 2.85. The molecule has 5 heteroatoms. The first-order valence-electron chi connectivity index (χ1n) is 6.14. The summed E-state index contributed by atoms with van der Waals surface area (Å²) in [5.74, 6) is 0.889. The molecular formula is C14H15N3O2. The number of hydrogen-bond donors (Lipinski definition) is 0. The highest BCUT2D eigenvalue weighted by Gasteiger charge is 2.02. The smallest absolute Gasteiger partial charge is 0.269 e. The second-order valence-electron chi connectivity index (χ2n) is 4.16. The van der Waals surface area contributed by atoms with Crippen LogP contribution in [0.3, 0.4) is 0 Å². The standard InChI is InChI=1S/C14H15N3O2/c1-2-10-16-11-9-15-14(16)8-5-12-3-6-13(7-4-12)17(18)19/h3-9,11H,2,10H2,1H3. The minimum Gasteiger partial charge on any atom is -0.332 e. The fourth-order valence-corrected chi connectivity index (χ4v) is 1.79. The Labute approximate surface area is 111 Å². The molecule has 0 unspecified atom stereocenters. The SMILES string of the molecule is CCCn1ccnc1C=Cc1ccc([N+](=O)[O-])cc1. The molecule has 0 N–H and O–H groups in total. The summed E-state index contributed by atoms with van der Waals surface area (Å²) in [5.41, 5.74) is 1.02. The number of non-ortho nitro benzene ring substituents is 1. The van der Waals surface area contributed by atoms with Crippen molar-refractivity contribution in [1.29, 1.82) is 0 Å². The van der Waals surface area contributed by atoms with E-state index in [4.69, 9.17) is 0 Å². The van der Waals surface area contributed by atoms with Crippen molar-refractivity contribution in [2.24, 2.45) is 0 Å². The number of benzene rings is 1. The van der Waals surface area contributed by atoms with Gasteiger partial charge in [-0.15, -0.1) is 0 Å². The lowest BCUT2D eigenvalue weighted by Crippen LogP contribution is -1.97. The normalized spacial score (nSPS) is 11.0. The number of nitrogens with zero attached hydrogens (tertiary/aromatic N) is 3. The van der Waals surface area contributed by atoms with Gasteiger partial charge in [-0.05, 0) is 30.2 Å². The first-order valence-corrected chi connectivity index (χ1v) is 6.14. The van der Waals surface area contributed by atoms with Gasteiger partial charge in [0.05, 0.1) is 4.92 Å². The molecule has 0 aliphatic heterocycles. The van der Waals surface area contributed by atoms with Gasteiger partial charge in [0.25, 0.3) is 5.69 Å². The molecule has 0 aliphatic carbocycles. The number of rotatable bonds is 5. The van der Waals surface area contributed by atoms with Crippen LogP contribution in [-0.2, 0) is 6.54 Å². The van der Waals surface area contributed by atoms with E-state index in [1.165, 1.54) is 12.1 Å². The maximum Gasteiger partial charge on any atom is 0.269 e. The fraction of sp³-hybridized carbons (Fsp3) is 0.214. The van der Waals surface area contributed by atoms with Gasteiger partial charge in [-0.25, -0.2) is 4.98 Å². The first-order chi connectivity index (χ1) is 9.20. The van der Waals surface area contributed by atoms with Crippen molar-refractivity contribution in [3.05, 3.63) is 58.2 Å². The van der Waals surface area contributed by atoms with Crippen LogP contribution in [0.15, 0.2) is 36.7 Å². The molecule has 19 heavy (non-hydrogen) atoms. The van der Waals surface area contributed by atoms with E-state index in [-0.39, 0.29) is 5.69 Å². The van der Waals surface area contributed by atoms with Crippen molar-refractivity contribution < 1.29 is 4.92 Å². The summed E-state index contributed by atoms with van der Waals surface area (Å²) in [5, 5.41) is 10.5. The van der Waals surface area contributed by atoms with Crippen LogP contribution >= 0.6 is 0 Å². The van der Waals surface area contributed by atoms with E-state index in [2.05, 4.69) is 16.5 Å². The third-order valence-corrected chi connectivity index (χ3v) is 2.74. The Morgan fingerprint density at radius 1 is 1.32 bits per heavy atom. The zero-order valence-electron chi connectivity index (χ0n) is 10.7. The van der Waals surface area contributed by atoms with E-state index in [1.54, 1.807) is 18.3 Å². The highest BCUT2D eigenvalue weighted by Crippen LogP contribution is 2.14. The van der Waals surface area contributed by atoms with Gasteiger partial charge in [0.2, 0.25) is 0 Å². The van der Waals surface area contributed by atoms with Gasteiger partial charge >= 0.3 is 0 Å². The molecule has 5 nitrogen and oxygen atoms in total. The van der Waals surface area contributed by atoms with Gasteiger partial charge in [-0.2, -0.15) is 0 Å². The maximum absolute atomic E-state index is 10.5. The molecule has 2 aromatic rings. The zero-order valence-corrected chi connectivity index (χ0v) is 10.7. The highest BCUT2D eigenvalue weighted by molar-refractivity contribution is 5.67. The van der Waals surface area contributed by atoms with Crippen LogP contribution in [0.5, 0.6) is 0 Å². The van der Waals surface area contributed by atoms with Crippen LogP contribution in [0.2, 0.25) is 0 Å². The molecule has 98 valence electrons. The Kier molecular flexibility index (Phi) is 4.07. The number of aryl methyl sites for hydroxylation is 1. The van der Waals surface area contributed by atoms with Gasteiger partial charge in [-0.1, -0.05) is 13.0 Å². The van der Waals surface area contributed by atoms with Crippen LogP contribution in [-0.4, -0.2) is 14.5 Å². The largest absolute Gasteiger partial charge is 0.332 e. The molecule has 0 radical (unpaired) electrons. The zero-order chi connectivity index (χ0) is 13.7. The van der Waals surface area contributed by atoms with Crippen LogP contribution in [0.1, 0.15) is 24.7 Å². The van der Waals surface area contributed by atoms with Crippen molar-refractivity contribution in [1.82, 2.24) is 9.55 Å². The third-order valence-electron chi connectivity index (χ3n) is 2.74. The van der Waals surface area contributed by atoms with Gasteiger partial charge in [0.1, 0.15) is 5.82 Å². The third kappa shape index (κ3) is 3.28. The van der Waals surface area contributed by atoms with Gasteiger partial charge < -0.3 is 4.57 Å². The first kappa shape index (κ1) is 13.0. The average molecular weight is 257 g/mol. The van der Waals surface area contributed by atoms with E-state index < -0.39 is 4.92 Å². The minimum atomic E-state index is -0.401. The van der Waals surface area contributed by atoms with E-state index >= 15 is 0 Å². The van der Waals surface area contributed by atoms with Crippen LogP contribution in [0.4, 0.5) is 5.69 Å². The van der Waals surface area contributed by atoms with Crippen LogP contribution < -0.4 is 0 Å². The molecular weight excluding hydrogens is 242 g/mol. The molecule has 0 fully saturated rings. The number of nitro benzene ring substituents is 1. The molecule has 2 rings (SSSR count). The predicted octanol–water partition coefficient (Wildman–Crippen LogP) is 3.37. The second-order valence-corrected chi connectivity index (χ2v) is 4.16. The summed E-state index contributed by atoms with van der Waals surface area (Å²) in [6.45, 7) is 3.05. The Morgan fingerprint density at radius 2 is 2.05 bits per heavy atom. The summed E-state index contributed by atoms with van der Waals surface area (Å²) in [6.07, 6.45) is 8.58. The Balaban J connectivity index is 2.13. The maximum atomic E-state index is 10.5. The topological polar surface area (TPSA) is 61.0 Å². The molecule has 0 saturated carbocycles. The molecule has 0 amide bonds. The number of hydrogen-bond acceptors (Lipinski definition) is 3. The summed E-state index contributed by atoms with van der Waals surface area (Å²) < 4.78 is 2.07. The molecule has 1 aromatic carbocycles. The molecule has 0 bridgehead atoms. The number of aromatic nitrogens is 2. The lowest BCUT2D eigenvalue weighted by atomic mass is 10.2. The molecule has 0 atom stereocenters. The van der Waals surface area contributed by atoms with Gasteiger partial charge in [-0.3, -0.25) is 10.1 Å². The fourth-order valence-electron chi connectivity index (χ4n) is 1.79. The van der Waals surface area contributed by atoms with E-state index in [0.717, 1.165) is 24.4 Å². The van der Waals surface area contributed by atoms with Crippen molar-refractivity contribution in [2.45, 2.75) is 19.9 Å². The van der Waals surface area contributed by atoms with Crippen molar-refractivity contribution in [3.8, 4) is 0 Å². The number of imidazole rings is 1. The van der Waals surface area contributed by atoms with Crippen molar-refractivity contribution in [3.63, 3.8) is 0 Å². The molecule has 1 heterocycles. The molecule has 1 aromatic heterocycles. The summed E-state index contributed by atoms with van der Waals surface area (Å²) in [6, 6.07) is 6.44. The van der Waals surface area contributed by atoms with Crippen LogP contribution in [0, 0.1) is 10.1 Å². The van der Waals surface area contributed by atoms with E-state index in [0.29, 0.717) is 0 Å². The molecule has 0 saturated heterocycles. The Morgan fingerprint density at radius 3 is 2.68 bits per heavy atom. The van der Waals surface area contributed by atoms with Crippen molar-refractivity contribution >= 4 is 17.8 Å². The lowest BCUT2D eigenvalue weighted by molar-refractivity contribution is -0.384. The number of nitro groups is 1. The second kappa shape index (κ2) is 5.95. The monoisotopic (exact) mass is 257 g/mol. The molecule has 0 spiro atoms. The van der Waals surface area contributed by atoms with Crippen molar-refractivity contribution in [2.75, 3.05) is 0 Å². The summed E-state index contributed by atoms with van der Waals surface area (Å²) in [4.78, 5) is 14.4. The molecule has 0 aliphatic rings. The predicted molar refractivity (Wildman–Crippen MR) is 74.5 cm³/mol. The minimum absolute atomic E-state index is 0.102. The quantitative estimate of drug-likeness (QED) is 0.609. The van der Waals surface area contributed by atoms with Gasteiger partial charge in [0.15, 0.2) is 0 Å². The Hall–Kier alpha value is -2.43. The van der Waals surface area contributed by atoms with E-state index in [9.17, 15) is 10.1 Å². The Bertz CT molecular complexity index is 585.